The van der Waals surface area contributed by atoms with Gasteiger partial charge in [0, 0.05) is 12.6 Å². The van der Waals surface area contributed by atoms with E-state index in [4.69, 9.17) is 0 Å². The molecule has 2 aliphatic rings. The topological polar surface area (TPSA) is 23.5 Å². The average molecular weight is 265 g/mol. The first kappa shape index (κ1) is 12.1. The molecule has 2 heteroatoms. The lowest BCUT2D eigenvalue weighted by atomic mass is 9.78. The SMILES string of the molecule is O[C@]1(c2ccccc2)CN2CCC[C@@H]2c2ccccc21. The largest absolute Gasteiger partial charge is 0.379 e. The second-order valence-electron chi connectivity index (χ2n) is 5.94. The molecule has 1 saturated heterocycles. The minimum Gasteiger partial charge on any atom is -0.379 e. The van der Waals surface area contributed by atoms with E-state index >= 15 is 0 Å². The summed E-state index contributed by atoms with van der Waals surface area (Å²) in [5.41, 5.74) is 2.52. The van der Waals surface area contributed by atoms with Gasteiger partial charge in [-0.05, 0) is 36.1 Å². The van der Waals surface area contributed by atoms with Gasteiger partial charge in [0.1, 0.15) is 5.60 Å². The third-order valence-electron chi connectivity index (χ3n) is 4.81. The number of aliphatic hydroxyl groups is 1. The first-order chi connectivity index (χ1) is 9.79. The number of benzene rings is 2. The van der Waals surface area contributed by atoms with Crippen molar-refractivity contribution in [3.63, 3.8) is 0 Å². The van der Waals surface area contributed by atoms with E-state index in [0.717, 1.165) is 17.7 Å². The molecule has 0 spiro atoms. The molecule has 1 fully saturated rings. The molecule has 0 amide bonds. The van der Waals surface area contributed by atoms with E-state index in [1.807, 2.05) is 36.4 Å². The summed E-state index contributed by atoms with van der Waals surface area (Å²) in [4.78, 5) is 2.44. The van der Waals surface area contributed by atoms with Crippen molar-refractivity contribution in [1.82, 2.24) is 4.90 Å². The molecule has 2 atom stereocenters. The van der Waals surface area contributed by atoms with Crippen LogP contribution in [0.1, 0.15) is 35.6 Å². The van der Waals surface area contributed by atoms with Crippen molar-refractivity contribution in [2.24, 2.45) is 0 Å². The van der Waals surface area contributed by atoms with Gasteiger partial charge in [-0.25, -0.2) is 0 Å². The molecule has 2 aliphatic heterocycles. The van der Waals surface area contributed by atoms with Gasteiger partial charge in [-0.15, -0.1) is 0 Å². The summed E-state index contributed by atoms with van der Waals surface area (Å²) in [6.07, 6.45) is 2.44. The zero-order valence-electron chi connectivity index (χ0n) is 11.5. The monoisotopic (exact) mass is 265 g/mol. The highest BCUT2D eigenvalue weighted by Crippen LogP contribution is 2.45. The van der Waals surface area contributed by atoms with Crippen LogP contribution in [0.5, 0.6) is 0 Å². The fourth-order valence-electron chi connectivity index (χ4n) is 3.87. The van der Waals surface area contributed by atoms with Crippen molar-refractivity contribution in [3.05, 3.63) is 71.3 Å². The van der Waals surface area contributed by atoms with Crippen LogP contribution in [0.3, 0.4) is 0 Å². The van der Waals surface area contributed by atoms with Crippen LogP contribution in [-0.2, 0) is 5.60 Å². The molecule has 0 radical (unpaired) electrons. The third-order valence-corrected chi connectivity index (χ3v) is 4.81. The van der Waals surface area contributed by atoms with E-state index in [1.54, 1.807) is 0 Å². The molecule has 0 bridgehead atoms. The van der Waals surface area contributed by atoms with E-state index in [-0.39, 0.29) is 0 Å². The molecule has 2 heterocycles. The van der Waals surface area contributed by atoms with Crippen molar-refractivity contribution < 1.29 is 5.11 Å². The Morgan fingerprint density at radius 1 is 1.00 bits per heavy atom. The van der Waals surface area contributed by atoms with Crippen LogP contribution in [-0.4, -0.2) is 23.1 Å². The lowest BCUT2D eigenvalue weighted by Gasteiger charge is -2.43. The van der Waals surface area contributed by atoms with Crippen LogP contribution in [0.4, 0.5) is 0 Å². The van der Waals surface area contributed by atoms with Crippen molar-refractivity contribution in [1.29, 1.82) is 0 Å². The Labute approximate surface area is 119 Å². The average Bonchev–Trinajstić information content (AvgIpc) is 2.97. The number of fused-ring (bicyclic) bond motifs is 3. The van der Waals surface area contributed by atoms with Crippen molar-refractivity contribution in [2.75, 3.05) is 13.1 Å². The molecule has 0 aliphatic carbocycles. The molecule has 102 valence electrons. The Bertz CT molecular complexity index is 624. The van der Waals surface area contributed by atoms with Gasteiger partial charge >= 0.3 is 0 Å². The third kappa shape index (κ3) is 1.65. The normalized spacial score (nSPS) is 28.9. The van der Waals surface area contributed by atoms with Crippen LogP contribution in [0.25, 0.3) is 0 Å². The number of rotatable bonds is 1. The Morgan fingerprint density at radius 2 is 1.75 bits per heavy atom. The van der Waals surface area contributed by atoms with Gasteiger partial charge in [-0.1, -0.05) is 54.6 Å². The van der Waals surface area contributed by atoms with Gasteiger partial charge in [-0.3, -0.25) is 4.90 Å². The highest BCUT2D eigenvalue weighted by molar-refractivity contribution is 5.45. The molecular weight excluding hydrogens is 246 g/mol. The van der Waals surface area contributed by atoms with E-state index in [9.17, 15) is 5.11 Å². The van der Waals surface area contributed by atoms with Crippen LogP contribution in [0.15, 0.2) is 54.6 Å². The van der Waals surface area contributed by atoms with Crippen LogP contribution >= 0.6 is 0 Å². The Hall–Kier alpha value is -1.64. The summed E-state index contributed by atoms with van der Waals surface area (Å²) >= 11 is 0. The standard InChI is InChI=1S/C18H19NO/c20-18(14-7-2-1-3-8-14)13-19-12-6-11-17(19)15-9-4-5-10-16(15)18/h1-5,7-10,17,20H,6,11-13H2/t17-,18+/m1/s1. The maximum atomic E-state index is 11.4. The summed E-state index contributed by atoms with van der Waals surface area (Å²) in [5.74, 6) is 0. The fourth-order valence-corrected chi connectivity index (χ4v) is 3.87. The first-order valence-electron chi connectivity index (χ1n) is 7.40. The first-order valence-corrected chi connectivity index (χ1v) is 7.40. The molecule has 0 saturated carbocycles. The Kier molecular flexibility index (Phi) is 2.69. The molecule has 2 aromatic carbocycles. The fraction of sp³-hybridized carbons (Fsp3) is 0.333. The summed E-state index contributed by atoms with van der Waals surface area (Å²) in [6, 6.07) is 19.0. The van der Waals surface area contributed by atoms with Gasteiger partial charge in [-0.2, -0.15) is 0 Å². The molecule has 0 unspecified atom stereocenters. The maximum absolute atomic E-state index is 11.4. The minimum absolute atomic E-state index is 0.496. The van der Waals surface area contributed by atoms with Gasteiger partial charge < -0.3 is 5.11 Å². The molecule has 4 rings (SSSR count). The van der Waals surface area contributed by atoms with E-state index < -0.39 is 5.60 Å². The molecule has 20 heavy (non-hydrogen) atoms. The highest BCUT2D eigenvalue weighted by Gasteiger charge is 2.44. The summed E-state index contributed by atoms with van der Waals surface area (Å²) < 4.78 is 0. The minimum atomic E-state index is -0.876. The second-order valence-corrected chi connectivity index (χ2v) is 5.94. The molecular formula is C18H19NO. The molecule has 2 aromatic rings. The lowest BCUT2D eigenvalue weighted by Crippen LogP contribution is -2.46. The molecule has 1 N–H and O–H groups in total. The predicted octanol–water partition coefficient (Wildman–Crippen LogP) is 3.07. The Balaban J connectivity index is 1.91. The number of hydrogen-bond acceptors (Lipinski definition) is 2. The predicted molar refractivity (Wildman–Crippen MR) is 79.4 cm³/mol. The maximum Gasteiger partial charge on any atom is 0.128 e. The second kappa shape index (κ2) is 4.44. The summed E-state index contributed by atoms with van der Waals surface area (Å²) in [6.45, 7) is 1.80. The summed E-state index contributed by atoms with van der Waals surface area (Å²) in [7, 11) is 0. The summed E-state index contributed by atoms with van der Waals surface area (Å²) in [5, 5.41) is 11.4. The van der Waals surface area contributed by atoms with Gasteiger partial charge in [0.25, 0.3) is 0 Å². The molecule has 2 nitrogen and oxygen atoms in total. The smallest absolute Gasteiger partial charge is 0.128 e. The van der Waals surface area contributed by atoms with Crippen molar-refractivity contribution in [3.8, 4) is 0 Å². The number of nitrogens with zero attached hydrogens (tertiary/aromatic N) is 1. The van der Waals surface area contributed by atoms with Gasteiger partial charge in [0.15, 0.2) is 0 Å². The van der Waals surface area contributed by atoms with Crippen LogP contribution < -0.4 is 0 Å². The van der Waals surface area contributed by atoms with Gasteiger partial charge in [0.05, 0.1) is 0 Å². The van der Waals surface area contributed by atoms with Gasteiger partial charge in [0.2, 0.25) is 0 Å². The highest BCUT2D eigenvalue weighted by atomic mass is 16.3. The zero-order chi connectivity index (χ0) is 13.6. The zero-order valence-corrected chi connectivity index (χ0v) is 11.5. The number of hydrogen-bond donors (Lipinski definition) is 1. The molecule has 0 aromatic heterocycles. The van der Waals surface area contributed by atoms with Crippen molar-refractivity contribution in [2.45, 2.75) is 24.5 Å². The quantitative estimate of drug-likeness (QED) is 0.856. The van der Waals surface area contributed by atoms with Crippen molar-refractivity contribution >= 4 is 0 Å². The van der Waals surface area contributed by atoms with Crippen LogP contribution in [0, 0.1) is 0 Å². The van der Waals surface area contributed by atoms with E-state index in [1.165, 1.54) is 18.4 Å². The van der Waals surface area contributed by atoms with E-state index in [0.29, 0.717) is 12.6 Å². The Morgan fingerprint density at radius 3 is 2.60 bits per heavy atom. The lowest BCUT2D eigenvalue weighted by molar-refractivity contribution is 0.0148. The van der Waals surface area contributed by atoms with E-state index in [2.05, 4.69) is 23.1 Å². The van der Waals surface area contributed by atoms with Crippen LogP contribution in [0.2, 0.25) is 0 Å².